The number of hydrogen-bond acceptors (Lipinski definition) is 5. The first-order valence-corrected chi connectivity index (χ1v) is 9.41. The van der Waals surface area contributed by atoms with E-state index in [1.807, 2.05) is 49.4 Å². The van der Waals surface area contributed by atoms with Gasteiger partial charge in [-0.1, -0.05) is 28.1 Å². The molecule has 5 nitrogen and oxygen atoms in total. The van der Waals surface area contributed by atoms with Crippen molar-refractivity contribution in [3.8, 4) is 23.0 Å². The predicted octanol–water partition coefficient (Wildman–Crippen LogP) is 6.03. The molecule has 1 N–H and O–H groups in total. The van der Waals surface area contributed by atoms with Gasteiger partial charge in [-0.2, -0.15) is 0 Å². The van der Waals surface area contributed by atoms with Gasteiger partial charge in [0.1, 0.15) is 5.52 Å². The molecule has 140 valence electrons. The summed E-state index contributed by atoms with van der Waals surface area (Å²) in [4.78, 5) is 9.03. The summed E-state index contributed by atoms with van der Waals surface area (Å²) in [5.74, 6) is 0.968. The van der Waals surface area contributed by atoms with Gasteiger partial charge in [0.15, 0.2) is 17.1 Å². The summed E-state index contributed by atoms with van der Waals surface area (Å²) in [6, 6.07) is 17.0. The van der Waals surface area contributed by atoms with E-state index in [4.69, 9.17) is 9.15 Å². The van der Waals surface area contributed by atoms with E-state index in [9.17, 15) is 5.11 Å². The highest BCUT2D eigenvalue weighted by molar-refractivity contribution is 9.10. The summed E-state index contributed by atoms with van der Waals surface area (Å²) in [5.41, 5.74) is 4.80. The number of aryl methyl sites for hydroxylation is 1. The lowest BCUT2D eigenvalue weighted by Crippen LogP contribution is -1.89. The minimum Gasteiger partial charge on any atom is -0.504 e. The van der Waals surface area contributed by atoms with Crippen LogP contribution in [0.2, 0.25) is 0 Å². The summed E-state index contributed by atoms with van der Waals surface area (Å²) in [6.45, 7) is 2.02. The second-order valence-electron chi connectivity index (χ2n) is 6.34. The highest BCUT2D eigenvalue weighted by Gasteiger charge is 2.10. The van der Waals surface area contributed by atoms with E-state index >= 15 is 0 Å². The number of methoxy groups -OCH3 is 1. The fourth-order valence-corrected chi connectivity index (χ4v) is 3.32. The molecule has 3 aromatic carbocycles. The van der Waals surface area contributed by atoms with Crippen molar-refractivity contribution >= 4 is 38.9 Å². The number of rotatable bonds is 4. The van der Waals surface area contributed by atoms with Crippen molar-refractivity contribution in [3.05, 3.63) is 70.2 Å². The number of hydrogen-bond donors (Lipinski definition) is 1. The lowest BCUT2D eigenvalue weighted by Gasteiger charge is -2.06. The highest BCUT2D eigenvalue weighted by Crippen LogP contribution is 2.33. The zero-order valence-electron chi connectivity index (χ0n) is 15.3. The first-order chi connectivity index (χ1) is 13.5. The second-order valence-corrected chi connectivity index (χ2v) is 7.26. The molecule has 0 radical (unpaired) electrons. The summed E-state index contributed by atoms with van der Waals surface area (Å²) < 4.78 is 11.9. The molecule has 4 rings (SSSR count). The number of phenolic OH excluding ortho intramolecular Hbond substituents is 1. The topological polar surface area (TPSA) is 67.9 Å². The minimum absolute atomic E-state index is 0.0416. The monoisotopic (exact) mass is 436 g/mol. The summed E-state index contributed by atoms with van der Waals surface area (Å²) in [7, 11) is 1.51. The van der Waals surface area contributed by atoms with Crippen LogP contribution in [0.5, 0.6) is 11.5 Å². The van der Waals surface area contributed by atoms with Crippen LogP contribution in [0.25, 0.3) is 22.6 Å². The van der Waals surface area contributed by atoms with Crippen LogP contribution in [0.3, 0.4) is 0 Å². The van der Waals surface area contributed by atoms with E-state index in [0.29, 0.717) is 22.9 Å². The van der Waals surface area contributed by atoms with E-state index in [-0.39, 0.29) is 5.75 Å². The average Bonchev–Trinajstić information content (AvgIpc) is 3.11. The molecular formula is C22H17BrN2O3. The molecule has 4 aromatic rings. The molecule has 28 heavy (non-hydrogen) atoms. The molecule has 0 saturated heterocycles. The number of benzene rings is 3. The molecule has 0 atom stereocenters. The van der Waals surface area contributed by atoms with Gasteiger partial charge >= 0.3 is 0 Å². The Kier molecular flexibility index (Phi) is 4.88. The zero-order valence-corrected chi connectivity index (χ0v) is 16.9. The SMILES string of the molecule is COc1cc(Br)cc(C=Nc2cccc(-c3nc4ccc(C)cc4o3)c2)c1O. The van der Waals surface area contributed by atoms with Gasteiger partial charge in [-0.15, -0.1) is 0 Å². The second kappa shape index (κ2) is 7.48. The molecule has 6 heteroatoms. The van der Waals surface area contributed by atoms with Gasteiger partial charge in [-0.25, -0.2) is 4.98 Å². The van der Waals surface area contributed by atoms with Gasteiger partial charge in [0.2, 0.25) is 5.89 Å². The van der Waals surface area contributed by atoms with Crippen molar-refractivity contribution < 1.29 is 14.3 Å². The number of ether oxygens (including phenoxy) is 1. The Bertz CT molecular complexity index is 1200. The van der Waals surface area contributed by atoms with Crippen LogP contribution in [-0.2, 0) is 0 Å². The molecule has 0 aliphatic rings. The van der Waals surface area contributed by atoms with Crippen LogP contribution >= 0.6 is 15.9 Å². The molecule has 0 aliphatic heterocycles. The van der Waals surface area contributed by atoms with E-state index < -0.39 is 0 Å². The van der Waals surface area contributed by atoms with E-state index in [1.165, 1.54) is 7.11 Å². The van der Waals surface area contributed by atoms with Gasteiger partial charge in [0.25, 0.3) is 0 Å². The van der Waals surface area contributed by atoms with Gasteiger partial charge in [-0.05, 0) is 55.0 Å². The molecule has 1 aromatic heterocycles. The normalized spacial score (nSPS) is 11.4. The van der Waals surface area contributed by atoms with Crippen molar-refractivity contribution in [2.24, 2.45) is 4.99 Å². The molecule has 0 fully saturated rings. The van der Waals surface area contributed by atoms with Crippen LogP contribution in [-0.4, -0.2) is 23.4 Å². The molecule has 0 saturated carbocycles. The van der Waals surface area contributed by atoms with Gasteiger partial charge in [-0.3, -0.25) is 4.99 Å². The molecule has 1 heterocycles. The van der Waals surface area contributed by atoms with Gasteiger partial charge < -0.3 is 14.3 Å². The molecular weight excluding hydrogens is 420 g/mol. The van der Waals surface area contributed by atoms with Crippen LogP contribution in [0.1, 0.15) is 11.1 Å². The van der Waals surface area contributed by atoms with Crippen molar-refractivity contribution in [1.82, 2.24) is 4.98 Å². The fourth-order valence-electron chi connectivity index (χ4n) is 2.87. The third kappa shape index (κ3) is 3.64. The van der Waals surface area contributed by atoms with Crippen molar-refractivity contribution in [3.63, 3.8) is 0 Å². The van der Waals surface area contributed by atoms with E-state index in [2.05, 4.69) is 25.9 Å². The fraction of sp³-hybridized carbons (Fsp3) is 0.0909. The van der Waals surface area contributed by atoms with Crippen molar-refractivity contribution in [2.45, 2.75) is 6.92 Å². The zero-order chi connectivity index (χ0) is 19.7. The lowest BCUT2D eigenvalue weighted by molar-refractivity contribution is 0.373. The number of aliphatic imine (C=N–C) groups is 1. The average molecular weight is 437 g/mol. The summed E-state index contributed by atoms with van der Waals surface area (Å²) in [5, 5.41) is 10.3. The van der Waals surface area contributed by atoms with Crippen LogP contribution in [0, 0.1) is 6.92 Å². The number of oxazole rings is 1. The maximum atomic E-state index is 10.3. The maximum absolute atomic E-state index is 10.3. The molecule has 0 unspecified atom stereocenters. The summed E-state index contributed by atoms with van der Waals surface area (Å²) in [6.07, 6.45) is 1.59. The first-order valence-electron chi connectivity index (χ1n) is 8.62. The predicted molar refractivity (Wildman–Crippen MR) is 114 cm³/mol. The summed E-state index contributed by atoms with van der Waals surface area (Å²) >= 11 is 3.40. The Balaban J connectivity index is 1.67. The Morgan fingerprint density at radius 2 is 2.00 bits per heavy atom. The van der Waals surface area contributed by atoms with E-state index in [0.717, 1.165) is 26.7 Å². The quantitative estimate of drug-likeness (QED) is 0.396. The van der Waals surface area contributed by atoms with Crippen LogP contribution < -0.4 is 4.74 Å². The number of halogens is 1. The Hall–Kier alpha value is -3.12. The van der Waals surface area contributed by atoms with Gasteiger partial charge in [0, 0.05) is 21.8 Å². The number of nitrogens with zero attached hydrogens (tertiary/aromatic N) is 2. The molecule has 0 amide bonds. The van der Waals surface area contributed by atoms with Crippen molar-refractivity contribution in [1.29, 1.82) is 0 Å². The van der Waals surface area contributed by atoms with Crippen LogP contribution in [0.15, 0.2) is 68.5 Å². The third-order valence-corrected chi connectivity index (χ3v) is 4.74. The number of fused-ring (bicyclic) bond motifs is 1. The van der Waals surface area contributed by atoms with E-state index in [1.54, 1.807) is 18.3 Å². The molecule has 0 bridgehead atoms. The minimum atomic E-state index is 0.0416. The number of aromatic hydroxyl groups is 1. The Morgan fingerprint density at radius 1 is 1.14 bits per heavy atom. The maximum Gasteiger partial charge on any atom is 0.227 e. The van der Waals surface area contributed by atoms with Crippen molar-refractivity contribution in [2.75, 3.05) is 7.11 Å². The Morgan fingerprint density at radius 3 is 2.82 bits per heavy atom. The standard InChI is InChI=1S/C22H17BrN2O3/c1-13-6-7-18-19(8-13)28-22(25-18)14-4-3-5-17(10-14)24-12-15-9-16(23)11-20(27-2)21(15)26/h3-12,26H,1-2H3. The smallest absolute Gasteiger partial charge is 0.227 e. The van der Waals surface area contributed by atoms with Gasteiger partial charge in [0.05, 0.1) is 12.8 Å². The van der Waals surface area contributed by atoms with Crippen LogP contribution in [0.4, 0.5) is 5.69 Å². The first kappa shape index (κ1) is 18.3. The molecule has 0 spiro atoms. The number of phenols is 1. The lowest BCUT2D eigenvalue weighted by atomic mass is 10.2. The highest BCUT2D eigenvalue weighted by atomic mass is 79.9. The largest absolute Gasteiger partial charge is 0.504 e. The number of aromatic nitrogens is 1. The third-order valence-electron chi connectivity index (χ3n) is 4.28. The molecule has 0 aliphatic carbocycles. The Labute approximate surface area is 170 Å².